The third-order valence-electron chi connectivity index (χ3n) is 3.24. The normalized spacial score (nSPS) is 10.3. The van der Waals surface area contributed by atoms with Crippen LogP contribution in [-0.2, 0) is 11.8 Å². The van der Waals surface area contributed by atoms with E-state index in [2.05, 4.69) is 5.10 Å². The van der Waals surface area contributed by atoms with Gasteiger partial charge >= 0.3 is 5.97 Å². The molecule has 0 unspecified atom stereocenters. The van der Waals surface area contributed by atoms with E-state index in [1.54, 1.807) is 32.2 Å². The van der Waals surface area contributed by atoms with Gasteiger partial charge in [-0.25, -0.2) is 9.48 Å². The van der Waals surface area contributed by atoms with E-state index in [-0.39, 0.29) is 12.2 Å². The number of carbonyl (C=O) groups excluding carboxylic acids is 1. The first-order valence-corrected chi connectivity index (χ1v) is 6.99. The highest BCUT2D eigenvalue weighted by Gasteiger charge is 2.17. The molecule has 2 aromatic rings. The highest BCUT2D eigenvalue weighted by Crippen LogP contribution is 2.31. The minimum absolute atomic E-state index is 0.0610. The van der Waals surface area contributed by atoms with Crippen LogP contribution < -0.4 is 15.0 Å². The summed E-state index contributed by atoms with van der Waals surface area (Å²) in [4.78, 5) is 24.0. The predicted octanol–water partition coefficient (Wildman–Crippen LogP) is 1.64. The van der Waals surface area contributed by atoms with Gasteiger partial charge in [-0.15, -0.1) is 0 Å². The Morgan fingerprint density at radius 1 is 1.17 bits per heavy atom. The van der Waals surface area contributed by atoms with Crippen molar-refractivity contribution in [3.05, 3.63) is 40.2 Å². The summed E-state index contributed by atoms with van der Waals surface area (Å²) >= 11 is 0. The van der Waals surface area contributed by atoms with Crippen LogP contribution >= 0.6 is 0 Å². The first-order chi connectivity index (χ1) is 11.0. The fraction of sp³-hybridized carbons (Fsp3) is 0.312. The maximum atomic E-state index is 12.0. The van der Waals surface area contributed by atoms with Gasteiger partial charge in [0, 0.05) is 12.6 Å². The SMILES string of the molecule is CCOC(=O)c1cc(-c2ccc(OC)c(OC)c2)nn(C)c1=O. The highest BCUT2D eigenvalue weighted by molar-refractivity contribution is 5.90. The second-order valence-electron chi connectivity index (χ2n) is 4.66. The molecule has 0 aliphatic heterocycles. The predicted molar refractivity (Wildman–Crippen MR) is 84.0 cm³/mol. The molecule has 0 atom stereocenters. The van der Waals surface area contributed by atoms with Crippen molar-refractivity contribution in [1.29, 1.82) is 0 Å². The topological polar surface area (TPSA) is 79.7 Å². The van der Waals surface area contributed by atoms with Crippen LogP contribution in [0.4, 0.5) is 0 Å². The number of hydrogen-bond acceptors (Lipinski definition) is 6. The van der Waals surface area contributed by atoms with E-state index < -0.39 is 11.5 Å². The number of methoxy groups -OCH3 is 2. The largest absolute Gasteiger partial charge is 0.493 e. The first kappa shape index (κ1) is 16.5. The number of carbonyl (C=O) groups is 1. The van der Waals surface area contributed by atoms with Crippen molar-refractivity contribution in [3.63, 3.8) is 0 Å². The van der Waals surface area contributed by atoms with Crippen LogP contribution in [0.1, 0.15) is 17.3 Å². The molecule has 1 aromatic carbocycles. The monoisotopic (exact) mass is 318 g/mol. The lowest BCUT2D eigenvalue weighted by Gasteiger charge is -2.11. The Kier molecular flexibility index (Phi) is 5.00. The molecule has 0 aliphatic rings. The summed E-state index contributed by atoms with van der Waals surface area (Å²) in [7, 11) is 4.55. The average molecular weight is 318 g/mol. The van der Waals surface area contributed by atoms with Crippen LogP contribution in [0.3, 0.4) is 0 Å². The number of rotatable bonds is 5. The van der Waals surface area contributed by atoms with Gasteiger partial charge in [0.15, 0.2) is 11.5 Å². The zero-order valence-electron chi connectivity index (χ0n) is 13.5. The minimum atomic E-state index is -0.669. The second kappa shape index (κ2) is 6.95. The molecule has 0 saturated heterocycles. The lowest BCUT2D eigenvalue weighted by Crippen LogP contribution is -2.27. The molecule has 2 rings (SSSR count). The average Bonchev–Trinajstić information content (AvgIpc) is 2.56. The quantitative estimate of drug-likeness (QED) is 0.780. The molecule has 0 radical (unpaired) electrons. The molecule has 0 saturated carbocycles. The summed E-state index contributed by atoms with van der Waals surface area (Å²) in [6.45, 7) is 1.87. The number of aryl methyl sites for hydroxylation is 1. The smallest absolute Gasteiger partial charge is 0.343 e. The summed E-state index contributed by atoms with van der Waals surface area (Å²) in [5.41, 5.74) is 0.571. The van der Waals surface area contributed by atoms with Crippen LogP contribution in [0.5, 0.6) is 11.5 Å². The Hall–Kier alpha value is -2.83. The van der Waals surface area contributed by atoms with E-state index in [4.69, 9.17) is 14.2 Å². The number of hydrogen-bond donors (Lipinski definition) is 0. The standard InChI is InChI=1S/C16H18N2O5/c1-5-23-16(20)11-9-12(17-18(2)15(11)19)10-6-7-13(21-3)14(8-10)22-4/h6-9H,5H2,1-4H3. The Morgan fingerprint density at radius 2 is 1.87 bits per heavy atom. The number of esters is 1. The number of ether oxygens (including phenoxy) is 3. The third kappa shape index (κ3) is 3.33. The van der Waals surface area contributed by atoms with Gasteiger partial charge in [0.05, 0.1) is 26.5 Å². The molecule has 7 heteroatoms. The molecular formula is C16H18N2O5. The number of nitrogens with zero attached hydrogens (tertiary/aromatic N) is 2. The lowest BCUT2D eigenvalue weighted by atomic mass is 10.1. The van der Waals surface area contributed by atoms with Crippen molar-refractivity contribution in [2.75, 3.05) is 20.8 Å². The van der Waals surface area contributed by atoms with Gasteiger partial charge in [-0.05, 0) is 31.2 Å². The van der Waals surface area contributed by atoms with Crippen molar-refractivity contribution >= 4 is 5.97 Å². The molecule has 0 aliphatic carbocycles. The third-order valence-corrected chi connectivity index (χ3v) is 3.24. The molecule has 7 nitrogen and oxygen atoms in total. The highest BCUT2D eigenvalue weighted by atomic mass is 16.5. The van der Waals surface area contributed by atoms with Crippen LogP contribution in [0.25, 0.3) is 11.3 Å². The zero-order chi connectivity index (χ0) is 17.0. The molecule has 0 N–H and O–H groups in total. The molecule has 0 fully saturated rings. The number of benzene rings is 1. The van der Waals surface area contributed by atoms with Gasteiger partial charge in [0.25, 0.3) is 5.56 Å². The summed E-state index contributed by atoms with van der Waals surface area (Å²) in [5.74, 6) is 0.433. The molecule has 1 aromatic heterocycles. The van der Waals surface area contributed by atoms with E-state index in [1.165, 1.54) is 20.2 Å². The first-order valence-electron chi connectivity index (χ1n) is 6.99. The fourth-order valence-corrected chi connectivity index (χ4v) is 2.10. The molecule has 0 spiro atoms. The summed E-state index contributed by atoms with van der Waals surface area (Å²) in [6.07, 6.45) is 0. The molecule has 0 amide bonds. The van der Waals surface area contributed by atoms with Crippen molar-refractivity contribution in [3.8, 4) is 22.8 Å². The van der Waals surface area contributed by atoms with E-state index in [9.17, 15) is 9.59 Å². The van der Waals surface area contributed by atoms with Crippen molar-refractivity contribution < 1.29 is 19.0 Å². The Morgan fingerprint density at radius 3 is 2.48 bits per heavy atom. The maximum absolute atomic E-state index is 12.0. The maximum Gasteiger partial charge on any atom is 0.343 e. The molecule has 122 valence electrons. The van der Waals surface area contributed by atoms with Crippen molar-refractivity contribution in [1.82, 2.24) is 9.78 Å². The summed E-state index contributed by atoms with van der Waals surface area (Å²) in [6, 6.07) is 6.64. The van der Waals surface area contributed by atoms with Crippen molar-refractivity contribution in [2.24, 2.45) is 7.05 Å². The second-order valence-corrected chi connectivity index (χ2v) is 4.66. The molecule has 23 heavy (non-hydrogen) atoms. The van der Waals surface area contributed by atoms with Gasteiger partial charge in [-0.3, -0.25) is 4.79 Å². The number of aromatic nitrogens is 2. The van der Waals surface area contributed by atoms with E-state index in [0.717, 1.165) is 4.68 Å². The van der Waals surface area contributed by atoms with Crippen molar-refractivity contribution in [2.45, 2.75) is 6.92 Å². The molecular weight excluding hydrogens is 300 g/mol. The van der Waals surface area contributed by atoms with Gasteiger partial charge in [0.2, 0.25) is 0 Å². The molecule has 0 bridgehead atoms. The zero-order valence-corrected chi connectivity index (χ0v) is 13.5. The van der Waals surface area contributed by atoms with Gasteiger partial charge < -0.3 is 14.2 Å². The van der Waals surface area contributed by atoms with Crippen LogP contribution in [-0.4, -0.2) is 36.6 Å². The van der Waals surface area contributed by atoms with E-state index in [1.807, 2.05) is 0 Å². The Balaban J connectivity index is 2.56. The summed E-state index contributed by atoms with van der Waals surface area (Å²) < 4.78 is 16.5. The molecule has 1 heterocycles. The van der Waals surface area contributed by atoms with Crippen LogP contribution in [0, 0.1) is 0 Å². The van der Waals surface area contributed by atoms with Gasteiger partial charge in [-0.1, -0.05) is 0 Å². The Bertz CT molecular complexity index is 783. The lowest BCUT2D eigenvalue weighted by molar-refractivity contribution is 0.0523. The van der Waals surface area contributed by atoms with Gasteiger partial charge in [-0.2, -0.15) is 5.10 Å². The van der Waals surface area contributed by atoms with Gasteiger partial charge in [0.1, 0.15) is 5.56 Å². The van der Waals surface area contributed by atoms with E-state index >= 15 is 0 Å². The van der Waals surface area contributed by atoms with Crippen LogP contribution in [0.15, 0.2) is 29.1 Å². The Labute approximate surface area is 133 Å². The minimum Gasteiger partial charge on any atom is -0.493 e. The van der Waals surface area contributed by atoms with Crippen LogP contribution in [0.2, 0.25) is 0 Å². The summed E-state index contributed by atoms with van der Waals surface area (Å²) in [5, 5.41) is 4.18. The van der Waals surface area contributed by atoms with E-state index in [0.29, 0.717) is 22.8 Å². The fourth-order valence-electron chi connectivity index (χ4n) is 2.10.